The number of esters is 1. The zero-order chi connectivity index (χ0) is 25.3. The van der Waals surface area contributed by atoms with E-state index in [9.17, 15) is 24.3 Å². The summed E-state index contributed by atoms with van der Waals surface area (Å²) in [6, 6.07) is 5.87. The zero-order valence-electron chi connectivity index (χ0n) is 18.2. The van der Waals surface area contributed by atoms with Gasteiger partial charge in [0.05, 0.1) is 11.3 Å². The summed E-state index contributed by atoms with van der Waals surface area (Å²) in [6.07, 6.45) is 1.61. The zero-order valence-corrected chi connectivity index (χ0v) is 20.6. The number of rotatable bonds is 7. The molecule has 1 aromatic carbocycles. The summed E-state index contributed by atoms with van der Waals surface area (Å²) in [6.45, 7) is 0.988. The van der Waals surface area contributed by atoms with Crippen LogP contribution in [0.4, 0.5) is 5.13 Å². The maximum absolute atomic E-state index is 13.3. The average Bonchev–Trinajstić information content (AvgIpc) is 3.25. The molecule has 2 aliphatic heterocycles. The lowest BCUT2D eigenvalue weighted by Crippen LogP contribution is -2.70. The van der Waals surface area contributed by atoms with Gasteiger partial charge in [0.15, 0.2) is 5.13 Å². The second-order valence-corrected chi connectivity index (χ2v) is 10.0. The van der Waals surface area contributed by atoms with Crippen LogP contribution in [0.15, 0.2) is 40.9 Å². The molecule has 2 atom stereocenters. The molecule has 1 fully saturated rings. The molecule has 1 unspecified atom stereocenters. The Morgan fingerprint density at radius 1 is 1.34 bits per heavy atom. The van der Waals surface area contributed by atoms with Crippen molar-refractivity contribution in [1.29, 1.82) is 0 Å². The van der Waals surface area contributed by atoms with Gasteiger partial charge in [0.1, 0.15) is 23.7 Å². The van der Waals surface area contributed by atoms with Crippen LogP contribution < -0.4 is 11.1 Å². The Morgan fingerprint density at radius 3 is 2.66 bits per heavy atom. The Balaban J connectivity index is 1.57. The smallest absolute Gasteiger partial charge is 0.352 e. The summed E-state index contributed by atoms with van der Waals surface area (Å²) < 4.78 is 4.93. The number of benzene rings is 1. The van der Waals surface area contributed by atoms with Crippen LogP contribution >= 0.6 is 34.7 Å². The number of nitrogens with zero attached hydrogens (tertiary/aromatic N) is 2. The minimum Gasteiger partial charge on any atom is -0.477 e. The standard InChI is InChI=1S/C22H19ClN4O6S2/c1-10(28)33-7-12-8-34-20-16(19(30)27(20)17(12)21(31)32)26-18(29)14(15-9-35-22(24)25-15)6-11-2-4-13(23)5-3-11/h2-6,9,16,20H,7-8H2,1H3,(H2,24,25)(H,26,29)(H,31,32)/t16?,20-/m0/s1. The Kier molecular flexibility index (Phi) is 7.15. The molecule has 35 heavy (non-hydrogen) atoms. The molecule has 2 amide bonds. The van der Waals surface area contributed by atoms with E-state index >= 15 is 0 Å². The second-order valence-electron chi connectivity index (χ2n) is 7.58. The normalized spacial score (nSPS) is 19.7. The Labute approximate surface area is 212 Å². The van der Waals surface area contributed by atoms with Gasteiger partial charge in [0.2, 0.25) is 0 Å². The van der Waals surface area contributed by atoms with Gasteiger partial charge in [0.25, 0.3) is 11.8 Å². The van der Waals surface area contributed by atoms with Gasteiger partial charge in [-0.15, -0.1) is 23.1 Å². The van der Waals surface area contributed by atoms with Crippen molar-refractivity contribution < 1.29 is 29.0 Å². The third kappa shape index (κ3) is 5.19. The first kappa shape index (κ1) is 24.8. The lowest BCUT2D eigenvalue weighted by molar-refractivity contribution is -0.150. The van der Waals surface area contributed by atoms with Crippen LogP contribution in [-0.4, -0.2) is 62.5 Å². The Hall–Kier alpha value is -3.35. The van der Waals surface area contributed by atoms with Crippen molar-refractivity contribution in [2.24, 2.45) is 0 Å². The van der Waals surface area contributed by atoms with E-state index in [2.05, 4.69) is 10.3 Å². The van der Waals surface area contributed by atoms with Gasteiger partial charge < -0.3 is 20.9 Å². The first-order valence-electron chi connectivity index (χ1n) is 10.2. The van der Waals surface area contributed by atoms with Crippen molar-refractivity contribution in [1.82, 2.24) is 15.2 Å². The summed E-state index contributed by atoms with van der Waals surface area (Å²) in [5.74, 6) is -2.77. The van der Waals surface area contributed by atoms with E-state index in [1.165, 1.54) is 30.0 Å². The number of hydrogen-bond acceptors (Lipinski definition) is 9. The van der Waals surface area contributed by atoms with Crippen LogP contribution in [0.2, 0.25) is 5.02 Å². The van der Waals surface area contributed by atoms with Crippen molar-refractivity contribution in [2.45, 2.75) is 18.3 Å². The average molecular weight is 535 g/mol. The lowest BCUT2D eigenvalue weighted by Gasteiger charge is -2.49. The summed E-state index contributed by atoms with van der Waals surface area (Å²) in [4.78, 5) is 54.5. The van der Waals surface area contributed by atoms with Gasteiger partial charge in [-0.3, -0.25) is 19.3 Å². The van der Waals surface area contributed by atoms with E-state index in [4.69, 9.17) is 22.1 Å². The van der Waals surface area contributed by atoms with Crippen LogP contribution in [-0.2, 0) is 23.9 Å². The van der Waals surface area contributed by atoms with E-state index in [-0.39, 0.29) is 28.8 Å². The molecule has 10 nitrogen and oxygen atoms in total. The van der Waals surface area contributed by atoms with Crippen molar-refractivity contribution in [3.8, 4) is 0 Å². The highest BCUT2D eigenvalue weighted by molar-refractivity contribution is 8.00. The fourth-order valence-electron chi connectivity index (χ4n) is 3.59. The number of aliphatic carboxylic acids is 1. The van der Waals surface area contributed by atoms with Crippen LogP contribution in [0.5, 0.6) is 0 Å². The van der Waals surface area contributed by atoms with Crippen molar-refractivity contribution in [3.63, 3.8) is 0 Å². The molecule has 2 aliphatic rings. The first-order valence-corrected chi connectivity index (χ1v) is 12.5. The maximum atomic E-state index is 13.3. The number of carbonyl (C=O) groups is 4. The SMILES string of the molecule is CC(=O)OCC1=C(C(=O)O)N2C(=O)C(NC(=O)C(=Cc3ccc(Cl)cc3)c3csc(N)n3)[C@@H]2SC1. The number of thioether (sulfide) groups is 1. The van der Waals surface area contributed by atoms with E-state index in [1.807, 2.05) is 0 Å². The number of fused-ring (bicyclic) bond motifs is 1. The van der Waals surface area contributed by atoms with Crippen molar-refractivity contribution in [2.75, 3.05) is 18.1 Å². The van der Waals surface area contributed by atoms with Gasteiger partial charge in [-0.25, -0.2) is 9.78 Å². The van der Waals surface area contributed by atoms with Gasteiger partial charge in [-0.1, -0.05) is 23.7 Å². The van der Waals surface area contributed by atoms with Crippen molar-refractivity contribution in [3.05, 3.63) is 57.2 Å². The van der Waals surface area contributed by atoms with Gasteiger partial charge in [-0.05, 0) is 23.8 Å². The van der Waals surface area contributed by atoms with E-state index in [1.54, 1.807) is 35.7 Å². The van der Waals surface area contributed by atoms with E-state index < -0.39 is 35.2 Å². The van der Waals surface area contributed by atoms with E-state index in [0.717, 1.165) is 4.90 Å². The number of nitrogens with one attached hydrogen (secondary N) is 1. The number of nitrogens with two attached hydrogens (primary N) is 1. The van der Waals surface area contributed by atoms with Crippen LogP contribution in [0.25, 0.3) is 11.6 Å². The minimum atomic E-state index is -1.31. The molecule has 0 saturated carbocycles. The Morgan fingerprint density at radius 2 is 2.06 bits per heavy atom. The summed E-state index contributed by atoms with van der Waals surface area (Å²) in [7, 11) is 0. The summed E-state index contributed by atoms with van der Waals surface area (Å²) >= 11 is 8.39. The number of carboxylic acids is 1. The number of β-lactam (4-membered cyclic amide) rings is 1. The number of ether oxygens (including phenoxy) is 1. The fraction of sp³-hybridized carbons (Fsp3) is 0.227. The number of nitrogen functional groups attached to an aromatic ring is 1. The van der Waals surface area contributed by atoms with Crippen LogP contribution in [0.3, 0.4) is 0 Å². The summed E-state index contributed by atoms with van der Waals surface area (Å²) in [5.41, 5.74) is 7.06. The molecule has 0 bridgehead atoms. The molecule has 0 aliphatic carbocycles. The molecule has 182 valence electrons. The maximum Gasteiger partial charge on any atom is 0.352 e. The molecule has 1 saturated heterocycles. The van der Waals surface area contributed by atoms with Crippen molar-refractivity contribution >= 4 is 75.2 Å². The fourth-order valence-corrected chi connectivity index (χ4v) is 5.61. The number of amides is 2. The highest BCUT2D eigenvalue weighted by Crippen LogP contribution is 2.40. The number of carboxylic acid groups (broad SMARTS) is 1. The molecule has 0 spiro atoms. The quantitative estimate of drug-likeness (QED) is 0.276. The number of hydrogen-bond donors (Lipinski definition) is 3. The Bertz CT molecular complexity index is 1270. The third-order valence-corrected chi connectivity index (χ3v) is 7.48. The number of carbonyl (C=O) groups excluding carboxylic acids is 3. The number of aromatic nitrogens is 1. The van der Waals surface area contributed by atoms with Crippen LogP contribution in [0, 0.1) is 0 Å². The van der Waals surface area contributed by atoms with Gasteiger partial charge in [0, 0.05) is 28.7 Å². The molecule has 2 aromatic rings. The predicted octanol–water partition coefficient (Wildman–Crippen LogP) is 2.22. The molecular formula is C22H19ClN4O6S2. The highest BCUT2D eigenvalue weighted by Gasteiger charge is 2.54. The number of thiazole rings is 1. The highest BCUT2D eigenvalue weighted by atomic mass is 35.5. The lowest BCUT2D eigenvalue weighted by atomic mass is 10.0. The monoisotopic (exact) mass is 534 g/mol. The molecule has 13 heteroatoms. The molecule has 1 aromatic heterocycles. The van der Waals surface area contributed by atoms with Gasteiger partial charge >= 0.3 is 11.9 Å². The van der Waals surface area contributed by atoms with Crippen LogP contribution in [0.1, 0.15) is 18.2 Å². The second kappa shape index (κ2) is 10.1. The molecule has 0 radical (unpaired) electrons. The molecule has 4 rings (SSSR count). The minimum absolute atomic E-state index is 0.192. The summed E-state index contributed by atoms with van der Waals surface area (Å²) in [5, 5.41) is 14.2. The van der Waals surface area contributed by atoms with E-state index in [0.29, 0.717) is 21.9 Å². The van der Waals surface area contributed by atoms with Gasteiger partial charge in [-0.2, -0.15) is 0 Å². The third-order valence-electron chi connectivity index (χ3n) is 5.21. The number of anilines is 1. The first-order chi connectivity index (χ1) is 16.7. The largest absolute Gasteiger partial charge is 0.477 e. The number of halogens is 1. The molecule has 4 N–H and O–H groups in total. The molecule has 3 heterocycles. The predicted molar refractivity (Wildman–Crippen MR) is 132 cm³/mol. The topological polar surface area (TPSA) is 152 Å². The molecular weight excluding hydrogens is 516 g/mol.